The van der Waals surface area contributed by atoms with Gasteiger partial charge in [-0.25, -0.2) is 0 Å². The van der Waals surface area contributed by atoms with E-state index in [-0.39, 0.29) is 0 Å². The normalized spacial score (nSPS) is 11.2. The number of hydrogen-bond acceptors (Lipinski definition) is 5. The van der Waals surface area contributed by atoms with Crippen LogP contribution in [0.3, 0.4) is 0 Å². The summed E-state index contributed by atoms with van der Waals surface area (Å²) in [5.74, 6) is 0. The number of hydrogen-bond donors (Lipinski definition) is 3. The Morgan fingerprint density at radius 3 is 1.94 bits per heavy atom. The first kappa shape index (κ1) is 21.8. The van der Waals surface area contributed by atoms with E-state index < -0.39 is 0 Å². The van der Waals surface area contributed by atoms with Crippen molar-refractivity contribution in [2.45, 2.75) is 12.8 Å². The fourth-order valence-corrected chi connectivity index (χ4v) is 4.06. The zero-order chi connectivity index (χ0) is 21.5. The molecular weight excluding hydrogens is 474 g/mol. The highest BCUT2D eigenvalue weighted by molar-refractivity contribution is 9.10. The van der Waals surface area contributed by atoms with E-state index in [0.29, 0.717) is 5.02 Å². The SMILES string of the molecule is Clc1ccc2c(NCCCNCCCNc3ccnc4cc(Br)ccc34)ccnc2c1. The fraction of sp³-hybridized carbons (Fsp3) is 0.250. The second-order valence-electron chi connectivity index (χ2n) is 7.35. The summed E-state index contributed by atoms with van der Waals surface area (Å²) < 4.78 is 1.05. The number of benzene rings is 2. The van der Waals surface area contributed by atoms with Crippen LogP contribution in [0.4, 0.5) is 11.4 Å². The first-order valence-corrected chi connectivity index (χ1v) is 11.6. The summed E-state index contributed by atoms with van der Waals surface area (Å²) in [6, 6.07) is 16.0. The molecule has 0 aliphatic carbocycles. The van der Waals surface area contributed by atoms with Gasteiger partial charge in [0.05, 0.1) is 11.0 Å². The fourth-order valence-electron chi connectivity index (χ4n) is 3.55. The van der Waals surface area contributed by atoms with Gasteiger partial charge in [-0.2, -0.15) is 0 Å². The Hall–Kier alpha value is -2.41. The van der Waals surface area contributed by atoms with Gasteiger partial charge >= 0.3 is 0 Å². The Morgan fingerprint density at radius 2 is 1.29 bits per heavy atom. The van der Waals surface area contributed by atoms with Crippen molar-refractivity contribution in [2.75, 3.05) is 36.8 Å². The van der Waals surface area contributed by atoms with E-state index in [1.54, 1.807) is 0 Å². The van der Waals surface area contributed by atoms with Gasteiger partial charge in [-0.15, -0.1) is 0 Å². The summed E-state index contributed by atoms with van der Waals surface area (Å²) in [5, 5.41) is 13.5. The second-order valence-corrected chi connectivity index (χ2v) is 8.70. The van der Waals surface area contributed by atoms with Gasteiger partial charge in [-0.3, -0.25) is 9.97 Å². The highest BCUT2D eigenvalue weighted by Gasteiger charge is 2.03. The highest BCUT2D eigenvalue weighted by Crippen LogP contribution is 2.25. The summed E-state index contributed by atoms with van der Waals surface area (Å²) in [5.41, 5.74) is 4.14. The highest BCUT2D eigenvalue weighted by atomic mass is 79.9. The lowest BCUT2D eigenvalue weighted by atomic mass is 10.2. The van der Waals surface area contributed by atoms with Gasteiger partial charge < -0.3 is 16.0 Å². The predicted molar refractivity (Wildman–Crippen MR) is 135 cm³/mol. The first-order chi connectivity index (χ1) is 15.2. The topological polar surface area (TPSA) is 61.9 Å². The van der Waals surface area contributed by atoms with Crippen molar-refractivity contribution in [3.05, 3.63) is 70.4 Å². The average Bonchev–Trinajstić information content (AvgIpc) is 2.77. The lowest BCUT2D eigenvalue weighted by molar-refractivity contribution is 0.643. The van der Waals surface area contributed by atoms with Crippen molar-refractivity contribution in [1.82, 2.24) is 15.3 Å². The summed E-state index contributed by atoms with van der Waals surface area (Å²) in [4.78, 5) is 8.82. The first-order valence-electron chi connectivity index (χ1n) is 10.5. The molecule has 3 N–H and O–H groups in total. The summed E-state index contributed by atoms with van der Waals surface area (Å²) in [7, 11) is 0. The molecule has 2 aromatic heterocycles. The minimum Gasteiger partial charge on any atom is -0.384 e. The standard InChI is InChI=1S/C24H25BrClN5/c25-17-3-5-19-21(7-13-30-23(19)15-17)28-11-1-9-27-10-2-12-29-22-8-14-31-24-16-18(26)4-6-20(22)24/h3-8,13-16,27H,1-2,9-12H2,(H,28,30)(H,29,31). The van der Waals surface area contributed by atoms with E-state index in [9.17, 15) is 0 Å². The molecule has 0 amide bonds. The van der Waals surface area contributed by atoms with Gasteiger partial charge in [-0.1, -0.05) is 27.5 Å². The molecule has 2 aromatic carbocycles. The van der Waals surface area contributed by atoms with Crippen molar-refractivity contribution >= 4 is 60.7 Å². The van der Waals surface area contributed by atoms with Crippen molar-refractivity contribution in [3.8, 4) is 0 Å². The minimum atomic E-state index is 0.709. The van der Waals surface area contributed by atoms with Crippen LogP contribution in [0.5, 0.6) is 0 Å². The Kier molecular flexibility index (Phi) is 7.57. The molecule has 0 unspecified atom stereocenters. The molecule has 2 heterocycles. The molecule has 0 saturated carbocycles. The van der Waals surface area contributed by atoms with Gasteiger partial charge in [0, 0.05) is 57.1 Å². The molecule has 5 nitrogen and oxygen atoms in total. The molecule has 0 saturated heterocycles. The Labute approximate surface area is 195 Å². The van der Waals surface area contributed by atoms with Crippen molar-refractivity contribution < 1.29 is 0 Å². The van der Waals surface area contributed by atoms with E-state index >= 15 is 0 Å². The van der Waals surface area contributed by atoms with E-state index in [0.717, 1.165) is 76.7 Å². The van der Waals surface area contributed by atoms with Crippen LogP contribution in [0, 0.1) is 0 Å². The molecule has 160 valence electrons. The van der Waals surface area contributed by atoms with Gasteiger partial charge in [0.2, 0.25) is 0 Å². The maximum absolute atomic E-state index is 6.06. The third kappa shape index (κ3) is 5.85. The Morgan fingerprint density at radius 1 is 0.710 bits per heavy atom. The molecule has 0 aliphatic rings. The van der Waals surface area contributed by atoms with Gasteiger partial charge in [0.1, 0.15) is 0 Å². The van der Waals surface area contributed by atoms with Crippen molar-refractivity contribution in [2.24, 2.45) is 0 Å². The quantitative estimate of drug-likeness (QED) is 0.231. The predicted octanol–water partition coefficient (Wildman–Crippen LogP) is 6.09. The summed E-state index contributed by atoms with van der Waals surface area (Å²) in [6.45, 7) is 3.80. The van der Waals surface area contributed by atoms with Crippen LogP contribution in [0.2, 0.25) is 5.02 Å². The zero-order valence-corrected chi connectivity index (χ0v) is 19.5. The molecule has 0 atom stereocenters. The third-order valence-electron chi connectivity index (χ3n) is 5.10. The van der Waals surface area contributed by atoms with Crippen LogP contribution >= 0.6 is 27.5 Å². The number of halogens is 2. The maximum atomic E-state index is 6.06. The molecule has 0 radical (unpaired) electrons. The largest absolute Gasteiger partial charge is 0.384 e. The Bertz CT molecular complexity index is 1080. The number of anilines is 2. The van der Waals surface area contributed by atoms with E-state index in [4.69, 9.17) is 11.6 Å². The van der Waals surface area contributed by atoms with Gasteiger partial charge in [0.15, 0.2) is 0 Å². The molecule has 7 heteroatoms. The summed E-state index contributed by atoms with van der Waals surface area (Å²) in [6.07, 6.45) is 5.78. The molecular formula is C24H25BrClN5. The average molecular weight is 499 g/mol. The molecule has 0 bridgehead atoms. The van der Waals surface area contributed by atoms with Crippen LogP contribution in [-0.2, 0) is 0 Å². The minimum absolute atomic E-state index is 0.709. The molecule has 0 fully saturated rings. The Balaban J connectivity index is 1.14. The zero-order valence-electron chi connectivity index (χ0n) is 17.2. The molecule has 4 rings (SSSR count). The maximum Gasteiger partial charge on any atom is 0.0737 e. The van der Waals surface area contributed by atoms with Gasteiger partial charge in [-0.05, 0) is 74.5 Å². The number of rotatable bonds is 10. The smallest absolute Gasteiger partial charge is 0.0737 e. The van der Waals surface area contributed by atoms with E-state index in [1.807, 2.05) is 48.8 Å². The third-order valence-corrected chi connectivity index (χ3v) is 5.83. The van der Waals surface area contributed by atoms with E-state index in [1.165, 1.54) is 0 Å². The number of fused-ring (bicyclic) bond motifs is 2. The molecule has 0 spiro atoms. The second kappa shape index (κ2) is 10.8. The number of pyridine rings is 2. The number of nitrogens with zero attached hydrogens (tertiary/aromatic N) is 2. The lowest BCUT2D eigenvalue weighted by Gasteiger charge is -2.11. The van der Waals surface area contributed by atoms with Gasteiger partial charge in [0.25, 0.3) is 0 Å². The van der Waals surface area contributed by atoms with Crippen LogP contribution in [0.25, 0.3) is 21.8 Å². The van der Waals surface area contributed by atoms with Crippen molar-refractivity contribution in [3.63, 3.8) is 0 Å². The molecule has 31 heavy (non-hydrogen) atoms. The number of nitrogens with one attached hydrogen (secondary N) is 3. The van der Waals surface area contributed by atoms with E-state index in [2.05, 4.69) is 54.0 Å². The molecule has 0 aliphatic heterocycles. The van der Waals surface area contributed by atoms with Crippen LogP contribution in [0.15, 0.2) is 65.4 Å². The lowest BCUT2D eigenvalue weighted by Crippen LogP contribution is -2.21. The number of aromatic nitrogens is 2. The van der Waals surface area contributed by atoms with Crippen LogP contribution in [-0.4, -0.2) is 36.1 Å². The molecule has 4 aromatic rings. The monoisotopic (exact) mass is 497 g/mol. The summed E-state index contributed by atoms with van der Waals surface area (Å²) >= 11 is 9.56. The van der Waals surface area contributed by atoms with Crippen LogP contribution in [0.1, 0.15) is 12.8 Å². The van der Waals surface area contributed by atoms with Crippen molar-refractivity contribution in [1.29, 1.82) is 0 Å². The van der Waals surface area contributed by atoms with Crippen LogP contribution < -0.4 is 16.0 Å².